The third kappa shape index (κ3) is 4.50. The summed E-state index contributed by atoms with van der Waals surface area (Å²) in [7, 11) is 1.38. The Bertz CT molecular complexity index is 927. The van der Waals surface area contributed by atoms with Crippen LogP contribution in [0.15, 0.2) is 23.8 Å². The van der Waals surface area contributed by atoms with Gasteiger partial charge in [-0.1, -0.05) is 11.6 Å². The van der Waals surface area contributed by atoms with Crippen molar-refractivity contribution in [3.63, 3.8) is 0 Å². The summed E-state index contributed by atoms with van der Waals surface area (Å²) in [5, 5.41) is 10.4. The number of aromatic hydroxyl groups is 1. The number of phenols is 1. The molecule has 4 nitrogen and oxygen atoms in total. The number of carbonyl (C=O) groups is 1. The minimum Gasteiger partial charge on any atom is -0.508 e. The zero-order valence-electron chi connectivity index (χ0n) is 20.6. The topological polar surface area (TPSA) is 55.8 Å². The average molecular weight is 452 g/mol. The Morgan fingerprint density at radius 1 is 1.40 bits per heavy atom. The molecule has 1 N–H and O–H groups in total. The molecule has 3 aliphatic rings. The van der Waals surface area contributed by atoms with Gasteiger partial charge in [0.1, 0.15) is 17.1 Å². The van der Waals surface area contributed by atoms with Gasteiger partial charge in [-0.3, -0.25) is 4.79 Å². The number of benzene rings is 1. The number of ether oxygens (including phenoxy) is 2. The first-order valence-electron chi connectivity index (χ1n) is 12.2. The zero-order valence-corrected chi connectivity index (χ0v) is 19.2. The molecule has 0 saturated carbocycles. The third-order valence-electron chi connectivity index (χ3n) is 6.33. The largest absolute Gasteiger partial charge is 0.508 e. The van der Waals surface area contributed by atoms with E-state index in [4.69, 9.17) is 13.6 Å². The number of allylic oxidation sites excluding steroid dienone is 1. The van der Waals surface area contributed by atoms with Crippen LogP contribution in [0.1, 0.15) is 67.0 Å². The van der Waals surface area contributed by atoms with Gasteiger partial charge in [0.05, 0.1) is 11.7 Å². The van der Waals surface area contributed by atoms with Crippen LogP contribution in [-0.4, -0.2) is 39.9 Å². The molecule has 164 valence electrons. The summed E-state index contributed by atoms with van der Waals surface area (Å²) in [5.74, 6) is 2.25. The van der Waals surface area contributed by atoms with Crippen LogP contribution in [0.4, 0.5) is 0 Å². The van der Waals surface area contributed by atoms with E-state index in [2.05, 4.69) is 6.08 Å². The van der Waals surface area contributed by atoms with Crippen molar-refractivity contribution in [2.24, 2.45) is 5.92 Å². The van der Waals surface area contributed by atoms with Crippen molar-refractivity contribution in [3.8, 4) is 11.5 Å². The Labute approximate surface area is 192 Å². The molecule has 1 saturated heterocycles. The first-order chi connectivity index (χ1) is 15.6. The van der Waals surface area contributed by atoms with Gasteiger partial charge in [-0.05, 0) is 69.0 Å². The Hall–Kier alpha value is -1.27. The molecule has 2 heterocycles. The van der Waals surface area contributed by atoms with Crippen LogP contribution < -0.4 is 4.74 Å². The minimum atomic E-state index is -2.30. The lowest BCUT2D eigenvalue weighted by molar-refractivity contribution is -0.140. The number of methoxy groups -OCH3 is 1. The number of aryl methyl sites for hydroxylation is 1. The predicted octanol–water partition coefficient (Wildman–Crippen LogP) is 5.68. The normalized spacial score (nSPS) is 30.6. The van der Waals surface area contributed by atoms with Crippen LogP contribution >= 0.6 is 23.5 Å². The Morgan fingerprint density at radius 2 is 2.20 bits per heavy atom. The highest BCUT2D eigenvalue weighted by atomic mass is 32.2. The van der Waals surface area contributed by atoms with E-state index < -0.39 is 12.5 Å². The SMILES string of the molecule is [2H]C([2H])([2H])C1(C)Oc2cc(O)cc(CCCC(=O)OC)c2C2C=C(C3SCCCS3)CCC21. The van der Waals surface area contributed by atoms with Crippen LogP contribution in [0.2, 0.25) is 0 Å². The van der Waals surface area contributed by atoms with E-state index in [0.717, 1.165) is 35.5 Å². The van der Waals surface area contributed by atoms with Crippen LogP contribution in [-0.2, 0) is 16.0 Å². The number of carbonyl (C=O) groups excluding carboxylic acids is 1. The summed E-state index contributed by atoms with van der Waals surface area (Å²) in [5.41, 5.74) is 1.93. The van der Waals surface area contributed by atoms with E-state index >= 15 is 0 Å². The Morgan fingerprint density at radius 3 is 2.93 bits per heavy atom. The molecule has 2 aliphatic heterocycles. The van der Waals surface area contributed by atoms with Crippen LogP contribution in [0.25, 0.3) is 0 Å². The molecule has 1 aromatic rings. The first kappa shape index (κ1) is 18.3. The molecule has 1 fully saturated rings. The summed E-state index contributed by atoms with van der Waals surface area (Å²) >= 11 is 3.97. The van der Waals surface area contributed by atoms with Gasteiger partial charge in [0.2, 0.25) is 0 Å². The quantitative estimate of drug-likeness (QED) is 0.459. The van der Waals surface area contributed by atoms with Gasteiger partial charge in [-0.2, -0.15) is 0 Å². The van der Waals surface area contributed by atoms with Gasteiger partial charge >= 0.3 is 5.97 Å². The van der Waals surface area contributed by atoms with Crippen molar-refractivity contribution in [1.82, 2.24) is 0 Å². The zero-order chi connectivity index (χ0) is 23.8. The number of thioether (sulfide) groups is 2. The standard InChI is InChI=1S/C24H32O4S2/c1-24(2)19-9-8-16(23-29-10-5-11-30-23)13-18(19)22-15(6-4-7-21(26)27-3)12-17(25)14-20(22)28-24/h12-14,18-19,23,25H,4-11H2,1-3H3/i1D3. The monoisotopic (exact) mass is 451 g/mol. The average Bonchev–Trinajstić information content (AvgIpc) is 2.78. The molecule has 3 atom stereocenters. The third-order valence-corrected chi connectivity index (χ3v) is 9.41. The summed E-state index contributed by atoms with van der Waals surface area (Å²) in [6.07, 6.45) is 6.62. The maximum absolute atomic E-state index is 11.6. The summed E-state index contributed by atoms with van der Waals surface area (Å²) in [6.45, 7) is -0.603. The molecule has 30 heavy (non-hydrogen) atoms. The molecule has 0 spiro atoms. The second kappa shape index (κ2) is 9.07. The highest BCUT2D eigenvalue weighted by Gasteiger charge is 2.46. The van der Waals surface area contributed by atoms with Gasteiger partial charge in [-0.25, -0.2) is 0 Å². The number of rotatable bonds is 5. The number of phenolic OH excluding ortho intramolecular Hbond substituents is 1. The van der Waals surface area contributed by atoms with Gasteiger partial charge in [0, 0.05) is 34.0 Å². The second-order valence-corrected chi connectivity index (χ2v) is 11.2. The van der Waals surface area contributed by atoms with Crippen molar-refractivity contribution in [2.75, 3.05) is 18.6 Å². The molecular formula is C24H32O4S2. The number of hydrogen-bond acceptors (Lipinski definition) is 6. The maximum Gasteiger partial charge on any atom is 0.305 e. The van der Waals surface area contributed by atoms with E-state index in [-0.39, 0.29) is 23.6 Å². The molecule has 0 bridgehead atoms. The number of hydrogen-bond donors (Lipinski definition) is 1. The summed E-state index contributed by atoms with van der Waals surface area (Å²) < 4.78 is 36.3. The molecule has 1 aromatic carbocycles. The van der Waals surface area contributed by atoms with E-state index in [9.17, 15) is 9.90 Å². The predicted molar refractivity (Wildman–Crippen MR) is 125 cm³/mol. The van der Waals surface area contributed by atoms with Gasteiger partial charge in [0.15, 0.2) is 0 Å². The van der Waals surface area contributed by atoms with Crippen LogP contribution in [0.3, 0.4) is 0 Å². The van der Waals surface area contributed by atoms with Crippen molar-refractivity contribution in [1.29, 1.82) is 0 Å². The lowest BCUT2D eigenvalue weighted by atomic mass is 9.67. The van der Waals surface area contributed by atoms with E-state index in [0.29, 0.717) is 29.6 Å². The van der Waals surface area contributed by atoms with E-state index in [1.807, 2.05) is 23.5 Å². The fourth-order valence-corrected chi connectivity index (χ4v) is 7.92. The smallest absolute Gasteiger partial charge is 0.305 e. The lowest BCUT2D eigenvalue weighted by Crippen LogP contribution is -2.45. The van der Waals surface area contributed by atoms with Crippen LogP contribution in [0, 0.1) is 5.92 Å². The van der Waals surface area contributed by atoms with E-state index in [1.54, 1.807) is 19.1 Å². The molecular weight excluding hydrogens is 416 g/mol. The van der Waals surface area contributed by atoms with Crippen LogP contribution in [0.5, 0.6) is 11.5 Å². The molecule has 1 aliphatic carbocycles. The molecule has 3 unspecified atom stereocenters. The number of esters is 1. The van der Waals surface area contributed by atoms with Crippen molar-refractivity contribution >= 4 is 29.5 Å². The van der Waals surface area contributed by atoms with Crippen molar-refractivity contribution < 1.29 is 23.5 Å². The summed E-state index contributed by atoms with van der Waals surface area (Å²) in [6, 6.07) is 3.28. The fourth-order valence-electron chi connectivity index (χ4n) is 4.90. The fraction of sp³-hybridized carbons (Fsp3) is 0.625. The molecule has 4 rings (SSSR count). The molecule has 6 heteroatoms. The molecule has 0 aromatic heterocycles. The molecule has 0 amide bonds. The highest BCUT2D eigenvalue weighted by Crippen LogP contribution is 2.54. The minimum absolute atomic E-state index is 0.0477. The first-order valence-corrected chi connectivity index (χ1v) is 12.8. The van der Waals surface area contributed by atoms with Gasteiger partial charge in [-0.15, -0.1) is 23.5 Å². The van der Waals surface area contributed by atoms with E-state index in [1.165, 1.54) is 19.1 Å². The second-order valence-electron chi connectivity index (χ2n) is 8.50. The Balaban J connectivity index is 1.76. The van der Waals surface area contributed by atoms with Gasteiger partial charge in [0.25, 0.3) is 0 Å². The highest BCUT2D eigenvalue weighted by molar-refractivity contribution is 8.17. The maximum atomic E-state index is 11.6. The van der Waals surface area contributed by atoms with Crippen molar-refractivity contribution in [2.45, 2.75) is 68.4 Å². The lowest BCUT2D eigenvalue weighted by Gasteiger charge is -2.47. The Kier molecular flexibility index (Phi) is 5.54. The summed E-state index contributed by atoms with van der Waals surface area (Å²) in [4.78, 5) is 11.6. The van der Waals surface area contributed by atoms with Crippen molar-refractivity contribution in [3.05, 3.63) is 34.9 Å². The molecule has 0 radical (unpaired) electrons. The van der Waals surface area contributed by atoms with Gasteiger partial charge < -0.3 is 14.6 Å². The number of fused-ring (bicyclic) bond motifs is 3.